The molecule has 4 aromatic carbocycles. The van der Waals surface area contributed by atoms with Crippen LogP contribution in [0.2, 0.25) is 5.02 Å². The summed E-state index contributed by atoms with van der Waals surface area (Å²) in [5.41, 5.74) is 2.25. The summed E-state index contributed by atoms with van der Waals surface area (Å²) in [6.45, 7) is 0. The van der Waals surface area contributed by atoms with Gasteiger partial charge in [-0.15, -0.1) is 0 Å². The van der Waals surface area contributed by atoms with E-state index in [0.29, 0.717) is 38.2 Å². The smallest absolute Gasteiger partial charge is 0.266 e. The molecule has 0 fully saturated rings. The lowest BCUT2D eigenvalue weighted by Crippen LogP contribution is -2.24. The number of nitrogens with zero attached hydrogens (tertiary/aromatic N) is 2. The van der Waals surface area contributed by atoms with Crippen molar-refractivity contribution in [3.63, 3.8) is 0 Å². The number of anilines is 1. The highest BCUT2D eigenvalue weighted by Crippen LogP contribution is 2.37. The van der Waals surface area contributed by atoms with Crippen molar-refractivity contribution in [2.24, 2.45) is 0 Å². The van der Waals surface area contributed by atoms with Gasteiger partial charge in [-0.3, -0.25) is 14.2 Å². The van der Waals surface area contributed by atoms with E-state index >= 15 is 0 Å². The van der Waals surface area contributed by atoms with E-state index in [1.807, 2.05) is 42.5 Å². The third kappa shape index (κ3) is 5.38. The summed E-state index contributed by atoms with van der Waals surface area (Å²) in [6.07, 6.45) is 0. The molecule has 8 heteroatoms. The molecule has 1 N–H and O–H groups in total. The molecule has 0 radical (unpaired) electrons. The maximum absolute atomic E-state index is 13.7. The fourth-order valence-corrected chi connectivity index (χ4v) is 5.25. The van der Waals surface area contributed by atoms with E-state index in [9.17, 15) is 9.59 Å². The Labute approximate surface area is 222 Å². The number of thioether (sulfide) groups is 1. The molecule has 1 amide bonds. The third-order valence-electron chi connectivity index (χ3n) is 5.71. The number of aromatic nitrogens is 2. The zero-order valence-corrected chi connectivity index (χ0v) is 21.4. The van der Waals surface area contributed by atoms with Gasteiger partial charge in [0, 0.05) is 16.8 Å². The molecule has 5 rings (SSSR count). The zero-order chi connectivity index (χ0) is 25.8. The van der Waals surface area contributed by atoms with Crippen LogP contribution in [0.4, 0.5) is 5.69 Å². The normalized spacial score (nSPS) is 11.7. The molecule has 184 valence electrons. The maximum Gasteiger partial charge on any atom is 0.266 e. The predicted octanol–water partition coefficient (Wildman–Crippen LogP) is 6.52. The van der Waals surface area contributed by atoms with E-state index in [1.54, 1.807) is 67.8 Å². The Morgan fingerprint density at radius 3 is 2.49 bits per heavy atom. The second-order valence-electron chi connectivity index (χ2n) is 8.16. The Morgan fingerprint density at radius 1 is 0.946 bits per heavy atom. The summed E-state index contributed by atoms with van der Waals surface area (Å²) in [6, 6.07) is 30.7. The molecule has 37 heavy (non-hydrogen) atoms. The van der Waals surface area contributed by atoms with Gasteiger partial charge < -0.3 is 10.1 Å². The number of nitrogens with one attached hydrogen (secondary N) is 1. The molecule has 1 aromatic heterocycles. The number of fused-ring (bicyclic) bond motifs is 1. The van der Waals surface area contributed by atoms with Gasteiger partial charge in [0.25, 0.3) is 5.56 Å². The number of hydrogen-bond donors (Lipinski definition) is 1. The second-order valence-corrected chi connectivity index (χ2v) is 9.67. The molecule has 0 saturated heterocycles. The van der Waals surface area contributed by atoms with Crippen molar-refractivity contribution in [3.05, 3.63) is 124 Å². The van der Waals surface area contributed by atoms with Crippen LogP contribution in [0.15, 0.2) is 113 Å². The quantitative estimate of drug-likeness (QED) is 0.193. The Kier molecular flexibility index (Phi) is 7.25. The van der Waals surface area contributed by atoms with Crippen molar-refractivity contribution in [1.82, 2.24) is 9.55 Å². The highest BCUT2D eigenvalue weighted by atomic mass is 35.5. The Bertz CT molecular complexity index is 1640. The first-order valence-corrected chi connectivity index (χ1v) is 12.7. The molecule has 0 aliphatic heterocycles. The van der Waals surface area contributed by atoms with Crippen LogP contribution < -0.4 is 15.6 Å². The van der Waals surface area contributed by atoms with E-state index in [1.165, 1.54) is 16.3 Å². The summed E-state index contributed by atoms with van der Waals surface area (Å²) in [5.74, 6) is 0.372. The van der Waals surface area contributed by atoms with E-state index in [2.05, 4.69) is 5.32 Å². The van der Waals surface area contributed by atoms with Crippen LogP contribution in [0.25, 0.3) is 16.6 Å². The van der Waals surface area contributed by atoms with Gasteiger partial charge in [-0.05, 0) is 48.0 Å². The van der Waals surface area contributed by atoms with Gasteiger partial charge in [0.05, 0.1) is 23.7 Å². The highest BCUT2D eigenvalue weighted by molar-refractivity contribution is 8.00. The third-order valence-corrected chi connectivity index (χ3v) is 7.15. The molecular formula is C29H22ClN3O3S. The number of carbonyl (C=O) groups excluding carboxylic acids is 1. The minimum atomic E-state index is -0.703. The lowest BCUT2D eigenvalue weighted by molar-refractivity contribution is -0.115. The SMILES string of the molecule is COc1cccc(NC(=O)C(Sc2nc3ccccc3c(=O)n2-c2cccc(Cl)c2)c2ccccc2)c1. The van der Waals surface area contributed by atoms with Crippen LogP contribution in [-0.4, -0.2) is 22.6 Å². The first kappa shape index (κ1) is 24.6. The molecule has 0 saturated carbocycles. The number of halogens is 1. The molecule has 5 aromatic rings. The van der Waals surface area contributed by atoms with Gasteiger partial charge >= 0.3 is 0 Å². The highest BCUT2D eigenvalue weighted by Gasteiger charge is 2.26. The van der Waals surface area contributed by atoms with Gasteiger partial charge in [-0.25, -0.2) is 4.98 Å². The number of methoxy groups -OCH3 is 1. The monoisotopic (exact) mass is 527 g/mol. The number of benzene rings is 4. The van der Waals surface area contributed by atoms with Crippen LogP contribution in [0.3, 0.4) is 0 Å². The van der Waals surface area contributed by atoms with Crippen molar-refractivity contribution in [2.45, 2.75) is 10.4 Å². The van der Waals surface area contributed by atoms with Crippen LogP contribution in [-0.2, 0) is 4.79 Å². The van der Waals surface area contributed by atoms with Gasteiger partial charge in [-0.1, -0.05) is 78.0 Å². The summed E-state index contributed by atoms with van der Waals surface area (Å²) in [7, 11) is 1.57. The lowest BCUT2D eigenvalue weighted by atomic mass is 10.1. The number of hydrogen-bond acceptors (Lipinski definition) is 5. The van der Waals surface area contributed by atoms with Crippen molar-refractivity contribution in [1.29, 1.82) is 0 Å². The number of ether oxygens (including phenoxy) is 1. The van der Waals surface area contributed by atoms with Crippen molar-refractivity contribution >= 4 is 45.9 Å². The van der Waals surface area contributed by atoms with Crippen LogP contribution in [0.1, 0.15) is 10.8 Å². The van der Waals surface area contributed by atoms with Crippen LogP contribution in [0.5, 0.6) is 5.75 Å². The van der Waals surface area contributed by atoms with Gasteiger partial charge in [-0.2, -0.15) is 0 Å². The number of para-hydroxylation sites is 1. The van der Waals surface area contributed by atoms with Gasteiger partial charge in [0.2, 0.25) is 5.91 Å². The molecule has 0 spiro atoms. The average molecular weight is 528 g/mol. The van der Waals surface area contributed by atoms with E-state index < -0.39 is 5.25 Å². The van der Waals surface area contributed by atoms with Gasteiger partial charge in [0.1, 0.15) is 11.0 Å². The minimum absolute atomic E-state index is 0.240. The Morgan fingerprint density at radius 2 is 1.70 bits per heavy atom. The molecule has 6 nitrogen and oxygen atoms in total. The molecule has 0 aliphatic carbocycles. The number of rotatable bonds is 7. The Hall–Kier alpha value is -4.07. The molecule has 1 atom stereocenters. The van der Waals surface area contributed by atoms with Crippen LogP contribution in [0, 0.1) is 0 Å². The molecular weight excluding hydrogens is 506 g/mol. The van der Waals surface area contributed by atoms with Crippen molar-refractivity contribution in [3.8, 4) is 11.4 Å². The maximum atomic E-state index is 13.7. The zero-order valence-electron chi connectivity index (χ0n) is 19.8. The topological polar surface area (TPSA) is 73.2 Å². The summed E-state index contributed by atoms with van der Waals surface area (Å²) < 4.78 is 6.80. The van der Waals surface area contributed by atoms with E-state index in [0.717, 1.165) is 5.56 Å². The van der Waals surface area contributed by atoms with E-state index in [-0.39, 0.29) is 11.5 Å². The molecule has 0 bridgehead atoms. The predicted molar refractivity (Wildman–Crippen MR) is 149 cm³/mol. The van der Waals surface area contributed by atoms with Crippen LogP contribution >= 0.6 is 23.4 Å². The fraction of sp³-hybridized carbons (Fsp3) is 0.0690. The number of carbonyl (C=O) groups is 1. The largest absolute Gasteiger partial charge is 0.497 e. The van der Waals surface area contributed by atoms with Gasteiger partial charge in [0.15, 0.2) is 5.16 Å². The minimum Gasteiger partial charge on any atom is -0.497 e. The average Bonchev–Trinajstić information content (AvgIpc) is 2.92. The molecule has 1 unspecified atom stereocenters. The molecule has 0 aliphatic rings. The lowest BCUT2D eigenvalue weighted by Gasteiger charge is -2.20. The standard InChI is InChI=1S/C29H22ClN3O3S/c1-36-23-14-8-12-21(18-23)31-27(34)26(19-9-3-2-4-10-19)37-29-32-25-16-6-5-15-24(25)28(35)33(29)22-13-7-11-20(30)17-22/h2-18,26H,1H3,(H,31,34). The first-order chi connectivity index (χ1) is 18.0. The van der Waals surface area contributed by atoms with E-state index in [4.69, 9.17) is 21.3 Å². The van der Waals surface area contributed by atoms with Crippen molar-refractivity contribution in [2.75, 3.05) is 12.4 Å². The molecule has 1 heterocycles. The van der Waals surface area contributed by atoms with Crippen molar-refractivity contribution < 1.29 is 9.53 Å². The Balaban J connectivity index is 1.62. The summed E-state index contributed by atoms with van der Waals surface area (Å²) in [5, 5.41) is 3.62. The summed E-state index contributed by atoms with van der Waals surface area (Å²) >= 11 is 7.47. The number of amides is 1. The first-order valence-electron chi connectivity index (χ1n) is 11.5. The second kappa shape index (κ2) is 10.9. The summed E-state index contributed by atoms with van der Waals surface area (Å²) in [4.78, 5) is 32.1. The fourth-order valence-electron chi connectivity index (χ4n) is 3.95.